The molecule has 5 atom stereocenters. The van der Waals surface area contributed by atoms with Gasteiger partial charge in [0, 0.05) is 44.9 Å². The highest BCUT2D eigenvalue weighted by atomic mass is 15.2. The van der Waals surface area contributed by atoms with E-state index in [-0.39, 0.29) is 39.2 Å². The smallest absolute Gasteiger partial charge is 0.252 e. The lowest BCUT2D eigenvalue weighted by atomic mass is 9.33. The minimum Gasteiger partial charge on any atom is -0.311 e. The quantitative estimate of drug-likeness (QED) is 0.159. The first-order chi connectivity index (χ1) is 39.5. The van der Waals surface area contributed by atoms with Gasteiger partial charge < -0.3 is 14.4 Å². The summed E-state index contributed by atoms with van der Waals surface area (Å²) in [7, 11) is 0. The molecule has 1 aromatic heterocycles. The molecule has 5 unspecified atom stereocenters. The Morgan fingerprint density at radius 3 is 1.30 bits per heavy atom. The maximum absolute atomic E-state index is 2.97. The molecule has 18 rings (SSSR count). The number of rotatable bonds is 5. The van der Waals surface area contributed by atoms with Crippen molar-refractivity contribution in [1.29, 1.82) is 0 Å². The van der Waals surface area contributed by atoms with Crippen molar-refractivity contribution < 1.29 is 0 Å². The van der Waals surface area contributed by atoms with Gasteiger partial charge in [0.25, 0.3) is 6.71 Å². The lowest BCUT2D eigenvalue weighted by molar-refractivity contribution is -0.00460. The molecule has 1 spiro atoms. The Balaban J connectivity index is 1.01. The molecule has 4 heteroatoms. The second-order valence-corrected chi connectivity index (χ2v) is 33.6. The highest BCUT2D eigenvalue weighted by molar-refractivity contribution is 7.00. The first kappa shape index (κ1) is 51.4. The normalized spacial score (nSPS) is 28.9. The average molecular weight is 1090 g/mol. The molecule has 0 amide bonds. The Hall–Kier alpha value is -6.00. The lowest BCUT2D eigenvalue weighted by Gasteiger charge is -2.57. The zero-order chi connectivity index (χ0) is 56.9. The third-order valence-corrected chi connectivity index (χ3v) is 24.5. The summed E-state index contributed by atoms with van der Waals surface area (Å²) in [6.07, 6.45) is 16.9. The number of fused-ring (bicyclic) bond motifs is 9. The van der Waals surface area contributed by atoms with E-state index in [1.54, 1.807) is 11.1 Å². The van der Waals surface area contributed by atoms with Gasteiger partial charge in [0.2, 0.25) is 0 Å². The molecule has 3 nitrogen and oxygen atoms in total. The fourth-order valence-corrected chi connectivity index (χ4v) is 21.2. The molecular formula is C79H88BN3. The van der Waals surface area contributed by atoms with Crippen molar-refractivity contribution in [3.63, 3.8) is 0 Å². The first-order valence-electron chi connectivity index (χ1n) is 32.8. The van der Waals surface area contributed by atoms with Crippen LogP contribution in [0.5, 0.6) is 0 Å². The van der Waals surface area contributed by atoms with Gasteiger partial charge in [0.05, 0.1) is 16.7 Å². The standard InChI is InChI=1S/C79H88BN3/c1-73(2,3)51-19-25-57(26-20-51)81-66-29-23-53(75(7,8)9)36-64(66)80-65-37-54(76(10,11)12)24-30-67(65)82(58-27-21-52(22-28-58)74(4,5)6)69-39-59(38-68(81)70(69)80)83-71-60(15-13-17-62(71)77-40-47-31-48(41-77)33-49(32-47)42-77)61-16-14-18-63(72(61)83)78-43-50-34-55-35-56(45-78)79(55,44-50)46-78/h13-30,36-39,47-50,55-56H,31-35,40-46H2,1-12H3. The fourth-order valence-electron chi connectivity index (χ4n) is 21.2. The largest absolute Gasteiger partial charge is 0.311 e. The Morgan fingerprint density at radius 2 is 0.831 bits per heavy atom. The molecule has 8 aromatic rings. The van der Waals surface area contributed by atoms with Gasteiger partial charge in [-0.25, -0.2) is 0 Å². The van der Waals surface area contributed by atoms with E-state index >= 15 is 0 Å². The molecule has 0 N–H and O–H groups in total. The van der Waals surface area contributed by atoms with Crippen molar-refractivity contribution in [2.24, 2.45) is 40.9 Å². The SMILES string of the molecule is CC(C)(C)c1ccc(N2c3ccc(C(C)(C)C)cc3B3c4cc(C(C)(C)C)ccc4N(c4ccc(C(C)(C)C)cc4)c4cc(-n5c6c(C78CC9CC(CC(C9)C7)C8)cccc6c6cccc(C78CC9CC%10CC(C7)C%10(C9)C8)c65)cc2c43)cc1. The number of hydrogen-bond donors (Lipinski definition) is 0. The molecule has 10 aliphatic rings. The second kappa shape index (κ2) is 16.7. The van der Waals surface area contributed by atoms with Crippen LogP contribution in [0, 0.1) is 40.9 Å². The van der Waals surface area contributed by atoms with E-state index < -0.39 is 0 Å². The van der Waals surface area contributed by atoms with Gasteiger partial charge >= 0.3 is 0 Å². The number of aromatic nitrogens is 1. The van der Waals surface area contributed by atoms with Crippen molar-refractivity contribution in [3.8, 4) is 5.69 Å². The third-order valence-electron chi connectivity index (χ3n) is 24.5. The lowest BCUT2D eigenvalue weighted by Crippen LogP contribution is -2.61. The van der Waals surface area contributed by atoms with Crippen LogP contribution in [0.1, 0.15) is 194 Å². The number of nitrogens with zero attached hydrogens (tertiary/aromatic N) is 3. The van der Waals surface area contributed by atoms with Crippen molar-refractivity contribution in [3.05, 3.63) is 167 Å². The molecule has 2 aliphatic heterocycles. The summed E-state index contributed by atoms with van der Waals surface area (Å²) in [6, 6.07) is 55.5. The Bertz CT molecular complexity index is 3860. The Morgan fingerprint density at radius 1 is 0.386 bits per heavy atom. The van der Waals surface area contributed by atoms with Crippen LogP contribution in [0.2, 0.25) is 0 Å². The van der Waals surface area contributed by atoms with Gasteiger partial charge in [-0.05, 0) is 249 Å². The van der Waals surface area contributed by atoms with Crippen molar-refractivity contribution >= 4 is 79.0 Å². The molecule has 0 radical (unpaired) electrons. The number of para-hydroxylation sites is 2. The predicted molar refractivity (Wildman–Crippen MR) is 352 cm³/mol. The molecule has 422 valence electrons. The highest BCUT2D eigenvalue weighted by Crippen LogP contribution is 2.79. The molecule has 3 heterocycles. The zero-order valence-corrected chi connectivity index (χ0v) is 52.1. The van der Waals surface area contributed by atoms with E-state index in [0.29, 0.717) is 5.41 Å². The Kier molecular flexibility index (Phi) is 10.3. The molecule has 0 saturated heterocycles. The minimum atomic E-state index is -0.0356. The summed E-state index contributed by atoms with van der Waals surface area (Å²) < 4.78 is 2.97. The summed E-state index contributed by atoms with van der Waals surface area (Å²) in [5, 5.41) is 2.94. The summed E-state index contributed by atoms with van der Waals surface area (Å²) >= 11 is 0. The van der Waals surface area contributed by atoms with Gasteiger partial charge in [-0.15, -0.1) is 0 Å². The highest BCUT2D eigenvalue weighted by Gasteiger charge is 2.71. The first-order valence-corrected chi connectivity index (χ1v) is 32.8. The van der Waals surface area contributed by atoms with Gasteiger partial charge in [-0.2, -0.15) is 0 Å². The summed E-state index contributed by atoms with van der Waals surface area (Å²) in [5.41, 5.74) is 25.9. The van der Waals surface area contributed by atoms with Crippen LogP contribution in [0.25, 0.3) is 27.5 Å². The number of benzene rings is 7. The number of anilines is 6. The van der Waals surface area contributed by atoms with Crippen LogP contribution < -0.4 is 26.2 Å². The third kappa shape index (κ3) is 7.23. The van der Waals surface area contributed by atoms with Crippen LogP contribution >= 0.6 is 0 Å². The van der Waals surface area contributed by atoms with E-state index in [1.807, 2.05) is 0 Å². The van der Waals surface area contributed by atoms with Gasteiger partial charge in [-0.3, -0.25) is 0 Å². The number of hydrogen-bond acceptors (Lipinski definition) is 2. The maximum Gasteiger partial charge on any atom is 0.252 e. The van der Waals surface area contributed by atoms with Crippen molar-refractivity contribution in [2.45, 2.75) is 193 Å². The summed E-state index contributed by atoms with van der Waals surface area (Å²) in [4.78, 5) is 5.43. The Labute approximate surface area is 496 Å². The van der Waals surface area contributed by atoms with E-state index in [1.165, 1.54) is 177 Å². The molecular weight excluding hydrogens is 1000 g/mol. The van der Waals surface area contributed by atoms with Gasteiger partial charge in [-0.1, -0.05) is 168 Å². The van der Waals surface area contributed by atoms with E-state index in [9.17, 15) is 0 Å². The molecule has 8 saturated carbocycles. The minimum absolute atomic E-state index is 0.00733. The fraction of sp³-hybridized carbons (Fsp3) is 0.468. The van der Waals surface area contributed by atoms with E-state index in [4.69, 9.17) is 0 Å². The van der Waals surface area contributed by atoms with Crippen LogP contribution in [0.4, 0.5) is 34.1 Å². The monoisotopic (exact) mass is 1090 g/mol. The van der Waals surface area contributed by atoms with E-state index in [2.05, 4.69) is 231 Å². The molecule has 8 fully saturated rings. The zero-order valence-electron chi connectivity index (χ0n) is 52.1. The van der Waals surface area contributed by atoms with Crippen LogP contribution in [-0.2, 0) is 32.5 Å². The van der Waals surface area contributed by atoms with Crippen LogP contribution in [0.15, 0.2) is 133 Å². The van der Waals surface area contributed by atoms with Crippen LogP contribution in [0.3, 0.4) is 0 Å². The van der Waals surface area contributed by atoms with Crippen LogP contribution in [-0.4, -0.2) is 11.3 Å². The van der Waals surface area contributed by atoms with Crippen molar-refractivity contribution in [1.82, 2.24) is 4.57 Å². The maximum atomic E-state index is 2.97. The summed E-state index contributed by atoms with van der Waals surface area (Å²) in [5.74, 6) is 5.24. The molecule has 8 aliphatic carbocycles. The van der Waals surface area contributed by atoms with Crippen molar-refractivity contribution in [2.75, 3.05) is 9.80 Å². The van der Waals surface area contributed by atoms with E-state index in [0.717, 1.165) is 35.5 Å². The van der Waals surface area contributed by atoms with Gasteiger partial charge in [0.1, 0.15) is 0 Å². The molecule has 7 aromatic carbocycles. The average Bonchev–Trinajstić information content (AvgIpc) is 1.94. The molecule has 7 bridgehead atoms. The second-order valence-electron chi connectivity index (χ2n) is 33.6. The predicted octanol–water partition coefficient (Wildman–Crippen LogP) is 19.0. The topological polar surface area (TPSA) is 11.4 Å². The van der Waals surface area contributed by atoms with Gasteiger partial charge in [0.15, 0.2) is 0 Å². The summed E-state index contributed by atoms with van der Waals surface area (Å²) in [6.45, 7) is 28.5. The molecule has 83 heavy (non-hydrogen) atoms.